The Bertz CT molecular complexity index is 282. The fourth-order valence-electron chi connectivity index (χ4n) is 4.33. The van der Waals surface area contributed by atoms with Gasteiger partial charge >= 0.3 is 0 Å². The summed E-state index contributed by atoms with van der Waals surface area (Å²) in [5, 5.41) is 9.97. The SMILES string of the molecule is CN(CC1(CO)CCCCCC1)C1CCC(C)(C)CC1. The molecule has 0 bridgehead atoms. The number of aliphatic hydroxyl groups excluding tert-OH is 1. The Balaban J connectivity index is 1.90. The van der Waals surface area contributed by atoms with Gasteiger partial charge in [-0.05, 0) is 51.0 Å². The van der Waals surface area contributed by atoms with Crippen molar-refractivity contribution in [2.75, 3.05) is 20.2 Å². The zero-order chi connectivity index (χ0) is 14.6. The molecule has 2 nitrogen and oxygen atoms in total. The van der Waals surface area contributed by atoms with Crippen LogP contribution >= 0.6 is 0 Å². The van der Waals surface area contributed by atoms with Crippen molar-refractivity contribution in [3.8, 4) is 0 Å². The number of nitrogens with zero attached hydrogens (tertiary/aromatic N) is 1. The molecular weight excluding hydrogens is 246 g/mol. The highest BCUT2D eigenvalue weighted by molar-refractivity contribution is 4.88. The molecular formula is C18H35NO. The van der Waals surface area contributed by atoms with E-state index in [-0.39, 0.29) is 5.41 Å². The van der Waals surface area contributed by atoms with Gasteiger partial charge in [-0.1, -0.05) is 39.5 Å². The molecule has 0 heterocycles. The lowest BCUT2D eigenvalue weighted by Crippen LogP contribution is -2.45. The molecule has 2 rings (SSSR count). The third kappa shape index (κ3) is 4.21. The first kappa shape index (κ1) is 16.3. The van der Waals surface area contributed by atoms with Crippen LogP contribution in [0.4, 0.5) is 0 Å². The van der Waals surface area contributed by atoms with Crippen LogP contribution in [0.2, 0.25) is 0 Å². The maximum absolute atomic E-state index is 9.97. The third-order valence-electron chi connectivity index (χ3n) is 6.02. The molecule has 0 unspecified atom stereocenters. The van der Waals surface area contributed by atoms with Gasteiger partial charge in [0.2, 0.25) is 0 Å². The summed E-state index contributed by atoms with van der Waals surface area (Å²) in [5.74, 6) is 0. The summed E-state index contributed by atoms with van der Waals surface area (Å²) < 4.78 is 0. The van der Waals surface area contributed by atoms with E-state index < -0.39 is 0 Å². The van der Waals surface area contributed by atoms with Gasteiger partial charge in [0.05, 0.1) is 0 Å². The Kier molecular flexibility index (Phi) is 5.53. The van der Waals surface area contributed by atoms with E-state index in [2.05, 4.69) is 25.8 Å². The fourth-order valence-corrected chi connectivity index (χ4v) is 4.33. The highest BCUT2D eigenvalue weighted by Crippen LogP contribution is 2.39. The molecule has 2 aliphatic rings. The lowest BCUT2D eigenvalue weighted by molar-refractivity contribution is 0.0360. The minimum absolute atomic E-state index is 0.193. The van der Waals surface area contributed by atoms with Crippen LogP contribution in [0.5, 0.6) is 0 Å². The van der Waals surface area contributed by atoms with Gasteiger partial charge in [0.1, 0.15) is 0 Å². The molecule has 1 N–H and O–H groups in total. The summed E-state index contributed by atoms with van der Waals surface area (Å²) >= 11 is 0. The summed E-state index contributed by atoms with van der Waals surface area (Å²) in [6, 6.07) is 0.745. The highest BCUT2D eigenvalue weighted by Gasteiger charge is 2.35. The largest absolute Gasteiger partial charge is 0.396 e. The predicted molar refractivity (Wildman–Crippen MR) is 85.9 cm³/mol. The van der Waals surface area contributed by atoms with Crippen LogP contribution in [0.3, 0.4) is 0 Å². The number of rotatable bonds is 4. The maximum atomic E-state index is 9.97. The Labute approximate surface area is 125 Å². The van der Waals surface area contributed by atoms with Crippen molar-refractivity contribution in [1.82, 2.24) is 4.90 Å². The van der Waals surface area contributed by atoms with E-state index in [4.69, 9.17) is 0 Å². The second-order valence-electron chi connectivity index (χ2n) is 8.38. The summed E-state index contributed by atoms with van der Waals surface area (Å²) in [6.45, 7) is 6.30. The average Bonchev–Trinajstić information content (AvgIpc) is 2.64. The predicted octanol–water partition coefficient (Wildman–Crippen LogP) is 4.22. The van der Waals surface area contributed by atoms with E-state index in [9.17, 15) is 5.11 Å². The molecule has 20 heavy (non-hydrogen) atoms. The molecule has 0 aromatic rings. The Morgan fingerprint density at radius 2 is 1.50 bits per heavy atom. The molecule has 0 atom stereocenters. The molecule has 0 radical (unpaired) electrons. The quantitative estimate of drug-likeness (QED) is 0.780. The summed E-state index contributed by atoms with van der Waals surface area (Å²) in [4.78, 5) is 2.58. The second kappa shape index (κ2) is 6.79. The topological polar surface area (TPSA) is 23.5 Å². The molecule has 2 aliphatic carbocycles. The maximum Gasteiger partial charge on any atom is 0.0499 e. The molecule has 2 fully saturated rings. The monoisotopic (exact) mass is 281 g/mol. The molecule has 0 amide bonds. The standard InChI is InChI=1S/C18H35NO/c1-17(2)12-8-16(9-13-17)19(3)14-18(15-20)10-6-4-5-7-11-18/h16,20H,4-15H2,1-3H3. The van der Waals surface area contributed by atoms with Gasteiger partial charge in [0.15, 0.2) is 0 Å². The van der Waals surface area contributed by atoms with Crippen molar-refractivity contribution in [2.24, 2.45) is 10.8 Å². The minimum atomic E-state index is 0.193. The van der Waals surface area contributed by atoms with Crippen LogP contribution < -0.4 is 0 Å². The molecule has 0 aromatic carbocycles. The van der Waals surface area contributed by atoms with Crippen LogP contribution in [0.1, 0.15) is 78.1 Å². The molecule has 118 valence electrons. The average molecular weight is 281 g/mol. The van der Waals surface area contributed by atoms with Gasteiger partial charge in [-0.2, -0.15) is 0 Å². The minimum Gasteiger partial charge on any atom is -0.396 e. The first-order chi connectivity index (χ1) is 9.46. The third-order valence-corrected chi connectivity index (χ3v) is 6.02. The van der Waals surface area contributed by atoms with Gasteiger partial charge in [0, 0.05) is 24.6 Å². The van der Waals surface area contributed by atoms with E-state index in [1.165, 1.54) is 64.2 Å². The molecule has 0 saturated heterocycles. The van der Waals surface area contributed by atoms with Crippen LogP contribution in [-0.2, 0) is 0 Å². The Morgan fingerprint density at radius 1 is 0.950 bits per heavy atom. The first-order valence-electron chi connectivity index (χ1n) is 8.78. The molecule has 0 aromatic heterocycles. The summed E-state index contributed by atoms with van der Waals surface area (Å²) in [5.41, 5.74) is 0.743. The van der Waals surface area contributed by atoms with Gasteiger partial charge in [-0.15, -0.1) is 0 Å². The van der Waals surface area contributed by atoms with Crippen LogP contribution in [0.25, 0.3) is 0 Å². The van der Waals surface area contributed by atoms with Crippen LogP contribution in [-0.4, -0.2) is 36.2 Å². The highest BCUT2D eigenvalue weighted by atomic mass is 16.3. The van der Waals surface area contributed by atoms with Gasteiger partial charge in [0.25, 0.3) is 0 Å². The normalized spacial score (nSPS) is 27.4. The summed E-state index contributed by atoms with van der Waals surface area (Å²) in [6.07, 6.45) is 13.2. The lowest BCUT2D eigenvalue weighted by atomic mass is 9.74. The number of hydrogen-bond donors (Lipinski definition) is 1. The van der Waals surface area contributed by atoms with E-state index in [0.717, 1.165) is 12.6 Å². The molecule has 2 saturated carbocycles. The smallest absolute Gasteiger partial charge is 0.0499 e. The zero-order valence-corrected chi connectivity index (χ0v) is 14.0. The second-order valence-corrected chi connectivity index (χ2v) is 8.38. The Morgan fingerprint density at radius 3 is 2.00 bits per heavy atom. The van der Waals surface area contributed by atoms with Crippen molar-refractivity contribution in [2.45, 2.75) is 84.1 Å². The number of aliphatic hydroxyl groups is 1. The van der Waals surface area contributed by atoms with Gasteiger partial charge < -0.3 is 10.0 Å². The van der Waals surface area contributed by atoms with Crippen molar-refractivity contribution in [3.63, 3.8) is 0 Å². The Hall–Kier alpha value is -0.0800. The zero-order valence-electron chi connectivity index (χ0n) is 14.0. The lowest BCUT2D eigenvalue weighted by Gasteiger charge is -2.42. The molecule has 0 spiro atoms. The van der Waals surface area contributed by atoms with Gasteiger partial charge in [-0.25, -0.2) is 0 Å². The summed E-state index contributed by atoms with van der Waals surface area (Å²) in [7, 11) is 2.30. The van der Waals surface area contributed by atoms with Crippen LogP contribution in [0.15, 0.2) is 0 Å². The number of hydrogen-bond acceptors (Lipinski definition) is 2. The van der Waals surface area contributed by atoms with Crippen molar-refractivity contribution >= 4 is 0 Å². The first-order valence-corrected chi connectivity index (χ1v) is 8.78. The molecule has 0 aliphatic heterocycles. The van der Waals surface area contributed by atoms with Crippen molar-refractivity contribution in [3.05, 3.63) is 0 Å². The van der Waals surface area contributed by atoms with E-state index in [0.29, 0.717) is 12.0 Å². The van der Waals surface area contributed by atoms with E-state index in [1.54, 1.807) is 0 Å². The molecule has 2 heteroatoms. The van der Waals surface area contributed by atoms with Crippen LogP contribution in [0, 0.1) is 10.8 Å². The van der Waals surface area contributed by atoms with E-state index in [1.807, 2.05) is 0 Å². The van der Waals surface area contributed by atoms with Crippen molar-refractivity contribution in [1.29, 1.82) is 0 Å². The van der Waals surface area contributed by atoms with E-state index >= 15 is 0 Å². The van der Waals surface area contributed by atoms with Gasteiger partial charge in [-0.3, -0.25) is 0 Å². The fraction of sp³-hybridized carbons (Fsp3) is 1.00. The van der Waals surface area contributed by atoms with Crippen molar-refractivity contribution < 1.29 is 5.11 Å².